The van der Waals surface area contributed by atoms with Crippen LogP contribution in [0.25, 0.3) is 0 Å². The van der Waals surface area contributed by atoms with Crippen molar-refractivity contribution in [2.45, 2.75) is 25.2 Å². The maximum absolute atomic E-state index is 10.8. The maximum atomic E-state index is 10.8. The predicted octanol–water partition coefficient (Wildman–Crippen LogP) is 0.887. The van der Waals surface area contributed by atoms with Crippen LogP contribution in [-0.4, -0.2) is 57.3 Å². The van der Waals surface area contributed by atoms with E-state index in [-0.39, 0.29) is 6.10 Å². The van der Waals surface area contributed by atoms with E-state index in [1.807, 2.05) is 43.5 Å². The van der Waals surface area contributed by atoms with Crippen molar-refractivity contribution in [3.63, 3.8) is 0 Å². The Morgan fingerprint density at radius 2 is 2.18 bits per heavy atom. The fourth-order valence-corrected chi connectivity index (χ4v) is 2.90. The Bertz CT molecular complexity index is 571. The lowest BCUT2D eigenvalue weighted by Gasteiger charge is -2.37. The van der Waals surface area contributed by atoms with Gasteiger partial charge in [-0.15, -0.1) is 5.10 Å². The van der Waals surface area contributed by atoms with Gasteiger partial charge in [-0.1, -0.05) is 35.5 Å². The highest BCUT2D eigenvalue weighted by molar-refractivity contribution is 5.21. The second-order valence-electron chi connectivity index (χ2n) is 5.99. The third-order valence-electron chi connectivity index (χ3n) is 4.01. The molecule has 0 spiro atoms. The molecule has 2 unspecified atom stereocenters. The van der Waals surface area contributed by atoms with Gasteiger partial charge in [0.15, 0.2) is 0 Å². The number of rotatable bonds is 5. The van der Waals surface area contributed by atoms with Crippen LogP contribution in [0.2, 0.25) is 0 Å². The monoisotopic (exact) mass is 302 g/mol. The van der Waals surface area contributed by atoms with Gasteiger partial charge >= 0.3 is 0 Å². The molecule has 0 aliphatic carbocycles. The molecule has 1 N–H and O–H groups in total. The van der Waals surface area contributed by atoms with Crippen LogP contribution >= 0.6 is 0 Å². The number of hydrogen-bond donors (Lipinski definition) is 1. The highest BCUT2D eigenvalue weighted by Gasteiger charge is 2.29. The molecule has 118 valence electrons. The van der Waals surface area contributed by atoms with Crippen molar-refractivity contribution in [3.8, 4) is 0 Å². The van der Waals surface area contributed by atoms with E-state index in [0.29, 0.717) is 19.7 Å². The van der Waals surface area contributed by atoms with Crippen molar-refractivity contribution in [2.75, 3.05) is 26.2 Å². The molecule has 6 heteroatoms. The molecule has 1 aromatic heterocycles. The summed E-state index contributed by atoms with van der Waals surface area (Å²) in [7, 11) is 0. The molecule has 0 saturated carbocycles. The third-order valence-corrected chi connectivity index (χ3v) is 4.01. The van der Waals surface area contributed by atoms with Crippen LogP contribution < -0.4 is 0 Å². The molecule has 22 heavy (non-hydrogen) atoms. The number of ether oxygens (including phenoxy) is 1. The average Bonchev–Trinajstić information content (AvgIpc) is 3.01. The minimum absolute atomic E-state index is 0.0713. The molecular weight excluding hydrogens is 280 g/mol. The number of β-amino-alcohol motifs (C(OH)–C–C–N with tert-alkyl or cyclic N) is 1. The van der Waals surface area contributed by atoms with Crippen molar-refractivity contribution in [1.82, 2.24) is 19.9 Å². The van der Waals surface area contributed by atoms with Gasteiger partial charge in [0.25, 0.3) is 0 Å². The lowest BCUT2D eigenvalue weighted by Crippen LogP contribution is -2.49. The topological polar surface area (TPSA) is 63.4 Å². The van der Waals surface area contributed by atoms with E-state index >= 15 is 0 Å². The number of aromatic nitrogens is 3. The largest absolute Gasteiger partial charge is 0.384 e. The van der Waals surface area contributed by atoms with Gasteiger partial charge in [-0.2, -0.15) is 0 Å². The minimum Gasteiger partial charge on any atom is -0.384 e. The first-order valence-electron chi connectivity index (χ1n) is 7.59. The summed E-state index contributed by atoms with van der Waals surface area (Å²) in [5.41, 5.74) is 0.0745. The zero-order chi connectivity index (χ0) is 15.4. The van der Waals surface area contributed by atoms with Gasteiger partial charge < -0.3 is 9.84 Å². The van der Waals surface area contributed by atoms with Crippen molar-refractivity contribution < 1.29 is 9.84 Å². The Kier molecular flexibility index (Phi) is 4.52. The number of benzene rings is 1. The van der Waals surface area contributed by atoms with E-state index < -0.39 is 5.60 Å². The zero-order valence-corrected chi connectivity index (χ0v) is 12.8. The summed E-state index contributed by atoms with van der Waals surface area (Å²) < 4.78 is 7.57. The summed E-state index contributed by atoms with van der Waals surface area (Å²) in [4.78, 5) is 2.25. The maximum Gasteiger partial charge on any atom is 0.0994 e. The molecule has 1 fully saturated rings. The van der Waals surface area contributed by atoms with Gasteiger partial charge in [-0.25, -0.2) is 4.68 Å². The summed E-state index contributed by atoms with van der Waals surface area (Å²) in [5.74, 6) is 0. The third kappa shape index (κ3) is 3.71. The Labute approximate surface area is 130 Å². The van der Waals surface area contributed by atoms with Gasteiger partial charge in [0.2, 0.25) is 0 Å². The standard InChI is InChI=1S/C16H22N4O2/c1-16(21,14-5-3-2-4-6-14)13-19-9-10-22-15(11-19)12-20-8-7-17-18-20/h2-8,15,21H,9-13H2,1H3. The predicted molar refractivity (Wildman–Crippen MR) is 82.2 cm³/mol. The second kappa shape index (κ2) is 6.56. The molecule has 1 aliphatic rings. The van der Waals surface area contributed by atoms with E-state index in [4.69, 9.17) is 4.74 Å². The van der Waals surface area contributed by atoms with Crippen molar-refractivity contribution in [3.05, 3.63) is 48.3 Å². The molecule has 3 rings (SSSR count). The fourth-order valence-electron chi connectivity index (χ4n) is 2.90. The number of hydrogen-bond acceptors (Lipinski definition) is 5. The summed E-state index contributed by atoms with van der Waals surface area (Å²) in [6, 6.07) is 9.80. The highest BCUT2D eigenvalue weighted by Crippen LogP contribution is 2.22. The average molecular weight is 302 g/mol. The Hall–Kier alpha value is -1.76. The van der Waals surface area contributed by atoms with Crippen LogP contribution in [0.15, 0.2) is 42.7 Å². The van der Waals surface area contributed by atoms with Crippen molar-refractivity contribution >= 4 is 0 Å². The Morgan fingerprint density at radius 3 is 2.91 bits per heavy atom. The molecule has 0 bridgehead atoms. The van der Waals surface area contributed by atoms with Crippen molar-refractivity contribution in [1.29, 1.82) is 0 Å². The molecule has 1 aromatic carbocycles. The second-order valence-corrected chi connectivity index (χ2v) is 5.99. The number of aliphatic hydroxyl groups is 1. The van der Waals surface area contributed by atoms with Crippen LogP contribution in [0.4, 0.5) is 0 Å². The van der Waals surface area contributed by atoms with Crippen LogP contribution in [0.5, 0.6) is 0 Å². The molecule has 6 nitrogen and oxygen atoms in total. The summed E-state index contributed by atoms with van der Waals surface area (Å²) in [5, 5.41) is 18.6. The van der Waals surface area contributed by atoms with Gasteiger partial charge in [0.05, 0.1) is 31.1 Å². The van der Waals surface area contributed by atoms with Crippen LogP contribution in [-0.2, 0) is 16.9 Å². The Morgan fingerprint density at radius 1 is 1.36 bits per heavy atom. The summed E-state index contributed by atoms with van der Waals surface area (Å²) in [6.45, 7) is 5.42. The zero-order valence-electron chi connectivity index (χ0n) is 12.8. The van der Waals surface area contributed by atoms with E-state index in [2.05, 4.69) is 15.2 Å². The number of morpholine rings is 1. The minimum atomic E-state index is -0.865. The van der Waals surface area contributed by atoms with Gasteiger partial charge in [-0.05, 0) is 12.5 Å². The van der Waals surface area contributed by atoms with Crippen LogP contribution in [0.3, 0.4) is 0 Å². The first kappa shape index (κ1) is 15.1. The first-order valence-corrected chi connectivity index (χ1v) is 7.59. The van der Waals surface area contributed by atoms with Gasteiger partial charge in [0, 0.05) is 25.8 Å². The molecule has 0 radical (unpaired) electrons. The smallest absolute Gasteiger partial charge is 0.0994 e. The molecule has 1 aliphatic heterocycles. The lowest BCUT2D eigenvalue weighted by atomic mass is 9.95. The van der Waals surface area contributed by atoms with Crippen molar-refractivity contribution in [2.24, 2.45) is 0 Å². The van der Waals surface area contributed by atoms with Crippen LogP contribution in [0, 0.1) is 0 Å². The highest BCUT2D eigenvalue weighted by atomic mass is 16.5. The summed E-state index contributed by atoms with van der Waals surface area (Å²) >= 11 is 0. The van der Waals surface area contributed by atoms with E-state index in [9.17, 15) is 5.11 Å². The lowest BCUT2D eigenvalue weighted by molar-refractivity contribution is -0.0671. The summed E-state index contributed by atoms with van der Waals surface area (Å²) in [6.07, 6.45) is 3.57. The van der Waals surface area contributed by atoms with E-state index in [0.717, 1.165) is 18.7 Å². The number of nitrogens with zero attached hydrogens (tertiary/aromatic N) is 4. The molecule has 2 aromatic rings. The van der Waals surface area contributed by atoms with E-state index in [1.165, 1.54) is 0 Å². The molecule has 2 atom stereocenters. The van der Waals surface area contributed by atoms with E-state index in [1.54, 1.807) is 10.9 Å². The SMILES string of the molecule is CC(O)(CN1CCOC(Cn2ccnn2)C1)c1ccccc1. The molecule has 0 amide bonds. The Balaban J connectivity index is 1.60. The fraction of sp³-hybridized carbons (Fsp3) is 0.500. The quantitative estimate of drug-likeness (QED) is 0.888. The van der Waals surface area contributed by atoms with Gasteiger partial charge in [0.1, 0.15) is 0 Å². The van der Waals surface area contributed by atoms with Gasteiger partial charge in [-0.3, -0.25) is 4.90 Å². The van der Waals surface area contributed by atoms with Crippen LogP contribution in [0.1, 0.15) is 12.5 Å². The molecule has 2 heterocycles. The molecular formula is C16H22N4O2. The first-order chi connectivity index (χ1) is 10.6. The molecule has 1 saturated heterocycles. The normalized spacial score (nSPS) is 22.4.